The van der Waals surface area contributed by atoms with Gasteiger partial charge in [-0.2, -0.15) is 0 Å². The SMILES string of the molecule is CCOc1ccccc1NC(=O)CCN1C(=O)/C(=C/C(C)=C\c2ccccc2)SC1=S. The molecule has 2 amide bonds. The van der Waals surface area contributed by atoms with Crippen LogP contribution < -0.4 is 10.1 Å². The fourth-order valence-electron chi connectivity index (χ4n) is 3.03. The van der Waals surface area contributed by atoms with Gasteiger partial charge in [0.1, 0.15) is 10.1 Å². The first-order chi connectivity index (χ1) is 15.0. The first-order valence-electron chi connectivity index (χ1n) is 9.98. The summed E-state index contributed by atoms with van der Waals surface area (Å²) in [5.74, 6) is 0.247. The lowest BCUT2D eigenvalue weighted by Crippen LogP contribution is -2.31. The zero-order chi connectivity index (χ0) is 22.2. The minimum absolute atomic E-state index is 0.138. The fourth-order valence-corrected chi connectivity index (χ4v) is 4.39. The number of nitrogens with one attached hydrogen (secondary N) is 1. The number of allylic oxidation sites excluding steroid dienone is 2. The van der Waals surface area contributed by atoms with Gasteiger partial charge in [-0.05, 0) is 43.2 Å². The highest BCUT2D eigenvalue weighted by Gasteiger charge is 2.32. The predicted octanol–water partition coefficient (Wildman–Crippen LogP) is 5.26. The van der Waals surface area contributed by atoms with Gasteiger partial charge < -0.3 is 10.1 Å². The molecule has 31 heavy (non-hydrogen) atoms. The van der Waals surface area contributed by atoms with Gasteiger partial charge in [-0.15, -0.1) is 0 Å². The smallest absolute Gasteiger partial charge is 0.266 e. The lowest BCUT2D eigenvalue weighted by atomic mass is 10.1. The number of thioether (sulfide) groups is 1. The number of hydrogen-bond donors (Lipinski definition) is 1. The van der Waals surface area contributed by atoms with Crippen LogP contribution in [0.5, 0.6) is 5.75 Å². The first kappa shape index (κ1) is 22.8. The van der Waals surface area contributed by atoms with Gasteiger partial charge in [0.25, 0.3) is 5.91 Å². The molecule has 0 unspecified atom stereocenters. The Morgan fingerprint density at radius 2 is 1.87 bits per heavy atom. The Labute approximate surface area is 192 Å². The molecule has 1 N–H and O–H groups in total. The molecule has 1 saturated heterocycles. The summed E-state index contributed by atoms with van der Waals surface area (Å²) in [7, 11) is 0. The van der Waals surface area contributed by atoms with E-state index in [1.54, 1.807) is 12.1 Å². The molecule has 2 aromatic carbocycles. The van der Waals surface area contributed by atoms with Crippen molar-refractivity contribution in [3.05, 3.63) is 76.7 Å². The molecule has 1 heterocycles. The third kappa shape index (κ3) is 6.29. The molecule has 1 fully saturated rings. The van der Waals surface area contributed by atoms with Crippen LogP contribution in [0.1, 0.15) is 25.8 Å². The summed E-state index contributed by atoms with van der Waals surface area (Å²) < 4.78 is 5.99. The van der Waals surface area contributed by atoms with Gasteiger partial charge in [0.2, 0.25) is 5.91 Å². The maximum atomic E-state index is 12.8. The van der Waals surface area contributed by atoms with Crippen molar-refractivity contribution < 1.29 is 14.3 Å². The van der Waals surface area contributed by atoms with Crippen molar-refractivity contribution in [2.45, 2.75) is 20.3 Å². The third-order valence-corrected chi connectivity index (χ3v) is 5.83. The number of hydrogen-bond acceptors (Lipinski definition) is 5. The van der Waals surface area contributed by atoms with Crippen LogP contribution in [0.2, 0.25) is 0 Å². The van der Waals surface area contributed by atoms with E-state index in [9.17, 15) is 9.59 Å². The van der Waals surface area contributed by atoms with Gasteiger partial charge >= 0.3 is 0 Å². The summed E-state index contributed by atoms with van der Waals surface area (Å²) in [5.41, 5.74) is 2.63. The number of carbonyl (C=O) groups excluding carboxylic acids is 2. The molecule has 0 bridgehead atoms. The average molecular weight is 453 g/mol. The molecular formula is C24H24N2O3S2. The molecule has 2 aromatic rings. The first-order valence-corrected chi connectivity index (χ1v) is 11.2. The van der Waals surface area contributed by atoms with Crippen LogP contribution in [0.4, 0.5) is 5.69 Å². The third-order valence-electron chi connectivity index (χ3n) is 4.45. The number of benzene rings is 2. The number of amides is 2. The average Bonchev–Trinajstić information content (AvgIpc) is 3.01. The molecule has 0 spiro atoms. The largest absolute Gasteiger partial charge is 0.492 e. The van der Waals surface area contributed by atoms with Crippen molar-refractivity contribution in [3.8, 4) is 5.75 Å². The minimum Gasteiger partial charge on any atom is -0.492 e. The summed E-state index contributed by atoms with van der Waals surface area (Å²) in [5, 5.41) is 2.84. The van der Waals surface area contributed by atoms with Gasteiger partial charge in [0.05, 0.1) is 17.2 Å². The molecule has 3 rings (SSSR count). The molecule has 0 aliphatic carbocycles. The maximum Gasteiger partial charge on any atom is 0.266 e. The van der Waals surface area contributed by atoms with Crippen LogP contribution in [0.15, 0.2) is 71.2 Å². The Morgan fingerprint density at radius 3 is 2.61 bits per heavy atom. The van der Waals surface area contributed by atoms with Gasteiger partial charge in [-0.1, -0.05) is 72.5 Å². The summed E-state index contributed by atoms with van der Waals surface area (Å²) >= 11 is 6.63. The second-order valence-corrected chi connectivity index (χ2v) is 8.54. The molecule has 5 nitrogen and oxygen atoms in total. The quantitative estimate of drug-likeness (QED) is 0.437. The summed E-state index contributed by atoms with van der Waals surface area (Å²) in [6.45, 7) is 4.57. The van der Waals surface area contributed by atoms with Crippen LogP contribution in [0, 0.1) is 0 Å². The van der Waals surface area contributed by atoms with Crippen LogP contribution in [-0.4, -0.2) is 34.2 Å². The van der Waals surface area contributed by atoms with Crippen LogP contribution in [-0.2, 0) is 9.59 Å². The summed E-state index contributed by atoms with van der Waals surface area (Å²) in [6.07, 6.45) is 3.99. The molecule has 0 radical (unpaired) electrons. The molecule has 160 valence electrons. The van der Waals surface area contributed by atoms with Gasteiger partial charge in [-0.25, -0.2) is 0 Å². The Bertz CT molecular complexity index is 1030. The van der Waals surface area contributed by atoms with Crippen molar-refractivity contribution in [2.75, 3.05) is 18.5 Å². The highest BCUT2D eigenvalue weighted by atomic mass is 32.2. The summed E-state index contributed by atoms with van der Waals surface area (Å²) in [6, 6.07) is 17.2. The highest BCUT2D eigenvalue weighted by molar-refractivity contribution is 8.26. The number of nitrogens with zero attached hydrogens (tertiary/aromatic N) is 1. The Kier molecular flexibility index (Phi) is 8.03. The van der Waals surface area contributed by atoms with E-state index in [-0.39, 0.29) is 24.8 Å². The van der Waals surface area contributed by atoms with E-state index in [0.717, 1.165) is 11.1 Å². The van der Waals surface area contributed by atoms with Crippen LogP contribution in [0.25, 0.3) is 6.08 Å². The van der Waals surface area contributed by atoms with E-state index in [1.807, 2.05) is 68.5 Å². The van der Waals surface area contributed by atoms with Gasteiger partial charge in [0, 0.05) is 13.0 Å². The van der Waals surface area contributed by atoms with Crippen molar-refractivity contribution in [2.24, 2.45) is 0 Å². The monoisotopic (exact) mass is 452 g/mol. The van der Waals surface area contributed by atoms with Crippen LogP contribution in [0.3, 0.4) is 0 Å². The van der Waals surface area contributed by atoms with Crippen molar-refractivity contribution in [1.82, 2.24) is 4.90 Å². The highest BCUT2D eigenvalue weighted by Crippen LogP contribution is 2.32. The normalized spacial score (nSPS) is 15.5. The van der Waals surface area contributed by atoms with Crippen molar-refractivity contribution >= 4 is 51.9 Å². The second-order valence-electron chi connectivity index (χ2n) is 6.86. The van der Waals surface area contributed by atoms with Crippen LogP contribution >= 0.6 is 24.0 Å². The summed E-state index contributed by atoms with van der Waals surface area (Å²) in [4.78, 5) is 27.3. The molecule has 7 heteroatoms. The Balaban J connectivity index is 1.60. The zero-order valence-electron chi connectivity index (χ0n) is 17.5. The number of anilines is 1. The molecule has 1 aliphatic heterocycles. The number of ether oxygens (including phenoxy) is 1. The molecule has 0 saturated carbocycles. The van der Waals surface area contributed by atoms with Gasteiger partial charge in [-0.3, -0.25) is 14.5 Å². The van der Waals surface area contributed by atoms with E-state index in [4.69, 9.17) is 17.0 Å². The van der Waals surface area contributed by atoms with Crippen molar-refractivity contribution in [1.29, 1.82) is 0 Å². The topological polar surface area (TPSA) is 58.6 Å². The van der Waals surface area contributed by atoms with E-state index < -0.39 is 0 Å². The fraction of sp³-hybridized carbons (Fsp3) is 0.208. The Morgan fingerprint density at radius 1 is 1.16 bits per heavy atom. The lowest BCUT2D eigenvalue weighted by Gasteiger charge is -2.15. The zero-order valence-corrected chi connectivity index (χ0v) is 19.1. The number of rotatable bonds is 8. The molecule has 0 aromatic heterocycles. The standard InChI is InChI=1S/C24H24N2O3S2/c1-3-29-20-12-8-7-11-19(20)25-22(27)13-14-26-23(28)21(31-24(26)30)16-17(2)15-18-9-5-4-6-10-18/h4-12,15-16H,3,13-14H2,1-2H3,(H,25,27)/b17-15-,21-16-. The predicted molar refractivity (Wildman–Crippen MR) is 131 cm³/mol. The number of para-hydroxylation sites is 2. The minimum atomic E-state index is -0.203. The maximum absolute atomic E-state index is 12.8. The molecule has 1 aliphatic rings. The number of carbonyl (C=O) groups is 2. The molecular weight excluding hydrogens is 428 g/mol. The van der Waals surface area contributed by atoms with E-state index >= 15 is 0 Å². The molecule has 0 atom stereocenters. The van der Waals surface area contributed by atoms with Gasteiger partial charge in [0.15, 0.2) is 0 Å². The van der Waals surface area contributed by atoms with E-state index in [0.29, 0.717) is 27.3 Å². The Hall–Kier alpha value is -2.90. The number of thiocarbonyl (C=S) groups is 1. The lowest BCUT2D eigenvalue weighted by molar-refractivity contribution is -0.122. The van der Waals surface area contributed by atoms with E-state index in [1.165, 1.54) is 16.7 Å². The van der Waals surface area contributed by atoms with Crippen molar-refractivity contribution in [3.63, 3.8) is 0 Å². The van der Waals surface area contributed by atoms with E-state index in [2.05, 4.69) is 5.32 Å². The second kappa shape index (κ2) is 10.9.